The van der Waals surface area contributed by atoms with Crippen molar-refractivity contribution in [2.24, 2.45) is 5.73 Å². The topological polar surface area (TPSA) is 120 Å². The van der Waals surface area contributed by atoms with Gasteiger partial charge in [-0.1, -0.05) is 0 Å². The lowest BCUT2D eigenvalue weighted by Crippen LogP contribution is -2.30. The summed E-state index contributed by atoms with van der Waals surface area (Å²) in [5.74, 6) is -1.32. The van der Waals surface area contributed by atoms with Gasteiger partial charge in [-0.25, -0.2) is 10.5 Å². The van der Waals surface area contributed by atoms with E-state index in [-0.39, 0.29) is 11.4 Å². The van der Waals surface area contributed by atoms with Gasteiger partial charge in [-0.2, -0.15) is 0 Å². The maximum Gasteiger partial charge on any atom is 0.295 e. The Labute approximate surface area is 85.4 Å². The van der Waals surface area contributed by atoms with Gasteiger partial charge in [0.15, 0.2) is 12.3 Å². The maximum atomic E-state index is 11.3. The Kier molecular flexibility index (Phi) is 3.58. The molecule has 0 aliphatic carbocycles. The molecule has 7 nitrogen and oxygen atoms in total. The second-order valence-electron chi connectivity index (χ2n) is 2.63. The first kappa shape index (κ1) is 10.9. The molecule has 80 valence electrons. The van der Waals surface area contributed by atoms with Crippen LogP contribution in [0.1, 0.15) is 10.5 Å². The molecule has 0 fully saturated rings. The Morgan fingerprint density at radius 2 is 2.27 bits per heavy atom. The van der Waals surface area contributed by atoms with Gasteiger partial charge in [0.25, 0.3) is 5.91 Å². The molecule has 1 aromatic rings. The van der Waals surface area contributed by atoms with Crippen molar-refractivity contribution < 1.29 is 14.4 Å². The van der Waals surface area contributed by atoms with Crippen LogP contribution in [0.25, 0.3) is 0 Å². The highest BCUT2D eigenvalue weighted by molar-refractivity contribution is 5.96. The monoisotopic (exact) mass is 210 g/mol. The molecular formula is C8H10N4O3. The Hall–Kier alpha value is -2.15. The predicted octanol–water partition coefficient (Wildman–Crippen LogP) is -1.19. The number of carbonyl (C=O) groups is 2. The van der Waals surface area contributed by atoms with Crippen molar-refractivity contribution in [2.45, 2.75) is 0 Å². The van der Waals surface area contributed by atoms with Crippen molar-refractivity contribution in [1.82, 2.24) is 10.5 Å². The first-order valence-corrected chi connectivity index (χ1v) is 4.02. The molecule has 1 aromatic heterocycles. The first-order valence-electron chi connectivity index (χ1n) is 4.02. The fraction of sp³-hybridized carbons (Fsp3) is 0.125. The third-order valence-corrected chi connectivity index (χ3v) is 1.43. The van der Waals surface area contributed by atoms with Gasteiger partial charge in [-0.15, -0.1) is 0 Å². The number of anilines is 1. The fourth-order valence-corrected chi connectivity index (χ4v) is 0.829. The lowest BCUT2D eigenvalue weighted by Gasteiger charge is -2.04. The third kappa shape index (κ3) is 3.24. The van der Waals surface area contributed by atoms with Gasteiger partial charge in [0.1, 0.15) is 0 Å². The molecule has 1 rings (SSSR count). The zero-order valence-corrected chi connectivity index (χ0v) is 7.77. The number of pyridine rings is 1. The molecule has 0 aliphatic rings. The average Bonchev–Trinajstić information content (AvgIpc) is 2.17. The highest BCUT2D eigenvalue weighted by atomic mass is 16.7. The molecule has 0 unspecified atom stereocenters. The molecule has 15 heavy (non-hydrogen) atoms. The number of nitrogens with two attached hydrogens (primary N) is 2. The number of nitrogens with one attached hydrogen (secondary N) is 1. The minimum Gasteiger partial charge on any atom is -0.397 e. The van der Waals surface area contributed by atoms with E-state index in [4.69, 9.17) is 11.5 Å². The predicted molar refractivity (Wildman–Crippen MR) is 51.3 cm³/mol. The smallest absolute Gasteiger partial charge is 0.295 e. The number of primary amides is 1. The second kappa shape index (κ2) is 4.91. The molecule has 0 saturated carbocycles. The number of amides is 2. The van der Waals surface area contributed by atoms with Gasteiger partial charge >= 0.3 is 0 Å². The quantitative estimate of drug-likeness (QED) is 0.539. The molecule has 2 amide bonds. The molecule has 0 aromatic carbocycles. The van der Waals surface area contributed by atoms with Crippen molar-refractivity contribution in [3.05, 3.63) is 24.0 Å². The summed E-state index contributed by atoms with van der Waals surface area (Å²) < 4.78 is 0. The maximum absolute atomic E-state index is 11.3. The summed E-state index contributed by atoms with van der Waals surface area (Å²) in [5.41, 5.74) is 12.5. The van der Waals surface area contributed by atoms with E-state index in [1.807, 2.05) is 5.48 Å². The van der Waals surface area contributed by atoms with Crippen LogP contribution in [-0.2, 0) is 9.63 Å². The number of rotatable bonds is 4. The number of hydrogen-bond donors (Lipinski definition) is 3. The van der Waals surface area contributed by atoms with Crippen molar-refractivity contribution in [3.8, 4) is 0 Å². The zero-order valence-electron chi connectivity index (χ0n) is 7.77. The molecule has 7 heteroatoms. The van der Waals surface area contributed by atoms with E-state index in [0.29, 0.717) is 0 Å². The van der Waals surface area contributed by atoms with E-state index in [1.165, 1.54) is 12.3 Å². The molecule has 1 heterocycles. The highest BCUT2D eigenvalue weighted by Crippen LogP contribution is 2.05. The Morgan fingerprint density at radius 3 is 2.87 bits per heavy atom. The van der Waals surface area contributed by atoms with Crippen molar-refractivity contribution in [1.29, 1.82) is 0 Å². The first-order chi connectivity index (χ1) is 7.11. The summed E-state index contributed by atoms with van der Waals surface area (Å²) in [7, 11) is 0. The van der Waals surface area contributed by atoms with E-state index in [1.54, 1.807) is 6.07 Å². The zero-order chi connectivity index (χ0) is 11.3. The summed E-state index contributed by atoms with van der Waals surface area (Å²) >= 11 is 0. The van der Waals surface area contributed by atoms with Crippen molar-refractivity contribution >= 4 is 17.5 Å². The summed E-state index contributed by atoms with van der Waals surface area (Å²) in [5, 5.41) is 0. The van der Waals surface area contributed by atoms with Crippen LogP contribution in [-0.4, -0.2) is 23.4 Å². The lowest BCUT2D eigenvalue weighted by atomic mass is 10.3. The van der Waals surface area contributed by atoms with Gasteiger partial charge in [0, 0.05) is 6.20 Å². The summed E-state index contributed by atoms with van der Waals surface area (Å²) in [6.07, 6.45) is 1.42. The van der Waals surface area contributed by atoms with E-state index in [2.05, 4.69) is 9.82 Å². The molecule has 0 spiro atoms. The van der Waals surface area contributed by atoms with Gasteiger partial charge in [0.2, 0.25) is 5.91 Å². The standard InChI is InChI=1S/C8H10N4O3/c9-5-2-1-3-11-7(5)8(14)12-15-4-6(10)13/h1-3H,4,9H2,(H2,10,13)(H,12,14). The highest BCUT2D eigenvalue weighted by Gasteiger charge is 2.10. The van der Waals surface area contributed by atoms with E-state index < -0.39 is 18.4 Å². The molecule has 0 bridgehead atoms. The Morgan fingerprint density at radius 1 is 1.53 bits per heavy atom. The van der Waals surface area contributed by atoms with Crippen molar-refractivity contribution in [2.75, 3.05) is 12.3 Å². The van der Waals surface area contributed by atoms with Crippen LogP contribution in [0.3, 0.4) is 0 Å². The molecule has 0 aliphatic heterocycles. The van der Waals surface area contributed by atoms with Crippen LogP contribution in [0.2, 0.25) is 0 Å². The van der Waals surface area contributed by atoms with Crippen LogP contribution in [0, 0.1) is 0 Å². The lowest BCUT2D eigenvalue weighted by molar-refractivity contribution is -0.124. The second-order valence-corrected chi connectivity index (χ2v) is 2.63. The van der Waals surface area contributed by atoms with E-state index in [9.17, 15) is 9.59 Å². The van der Waals surface area contributed by atoms with Crippen LogP contribution in [0.5, 0.6) is 0 Å². The minimum absolute atomic E-state index is 0.0296. The average molecular weight is 210 g/mol. The summed E-state index contributed by atoms with van der Waals surface area (Å²) in [4.78, 5) is 29.8. The normalized spacial score (nSPS) is 9.60. The van der Waals surface area contributed by atoms with Crippen LogP contribution >= 0.6 is 0 Å². The fourth-order valence-electron chi connectivity index (χ4n) is 0.829. The van der Waals surface area contributed by atoms with Crippen LogP contribution in [0.4, 0.5) is 5.69 Å². The van der Waals surface area contributed by atoms with E-state index in [0.717, 1.165) is 0 Å². The Balaban J connectivity index is 2.54. The van der Waals surface area contributed by atoms with Crippen LogP contribution < -0.4 is 16.9 Å². The van der Waals surface area contributed by atoms with Gasteiger partial charge in [0.05, 0.1) is 5.69 Å². The number of carbonyl (C=O) groups excluding carboxylic acids is 2. The van der Waals surface area contributed by atoms with Gasteiger partial charge in [-0.3, -0.25) is 14.4 Å². The number of aromatic nitrogens is 1. The van der Waals surface area contributed by atoms with Crippen LogP contribution in [0.15, 0.2) is 18.3 Å². The Bertz CT molecular complexity index is 380. The number of nitrogens with zero attached hydrogens (tertiary/aromatic N) is 1. The molecule has 0 radical (unpaired) electrons. The number of hydrogen-bond acceptors (Lipinski definition) is 5. The van der Waals surface area contributed by atoms with Gasteiger partial charge < -0.3 is 11.5 Å². The molecule has 0 atom stereocenters. The SMILES string of the molecule is NC(=O)CONC(=O)c1ncccc1N. The molecule has 5 N–H and O–H groups in total. The summed E-state index contributed by atoms with van der Waals surface area (Å²) in [6.45, 7) is -0.404. The minimum atomic E-state index is -0.690. The van der Waals surface area contributed by atoms with Gasteiger partial charge in [-0.05, 0) is 12.1 Å². The number of nitrogen functional groups attached to an aromatic ring is 1. The summed E-state index contributed by atoms with van der Waals surface area (Å²) in [6, 6.07) is 3.12. The number of hydroxylamine groups is 1. The third-order valence-electron chi connectivity index (χ3n) is 1.43. The molecular weight excluding hydrogens is 200 g/mol. The van der Waals surface area contributed by atoms with E-state index >= 15 is 0 Å². The van der Waals surface area contributed by atoms with Crippen molar-refractivity contribution in [3.63, 3.8) is 0 Å². The molecule has 0 saturated heterocycles. The largest absolute Gasteiger partial charge is 0.397 e.